The van der Waals surface area contributed by atoms with Crippen molar-refractivity contribution in [2.75, 3.05) is 24.5 Å². The van der Waals surface area contributed by atoms with E-state index in [2.05, 4.69) is 46.4 Å². The van der Waals surface area contributed by atoms with E-state index < -0.39 is 0 Å². The maximum absolute atomic E-state index is 3.46. The van der Waals surface area contributed by atoms with Crippen molar-refractivity contribution in [2.45, 2.75) is 13.0 Å². The summed E-state index contributed by atoms with van der Waals surface area (Å²) in [7, 11) is 0. The SMILES string of the molecule is C[C@@H]1CN(c2ccc3cc[nH]c3c2)CCN1. The Morgan fingerprint density at radius 3 is 3.12 bits per heavy atom. The second kappa shape index (κ2) is 3.83. The van der Waals surface area contributed by atoms with Crippen LogP contribution < -0.4 is 10.2 Å². The quantitative estimate of drug-likeness (QED) is 0.762. The Kier molecular flexibility index (Phi) is 2.33. The van der Waals surface area contributed by atoms with Gasteiger partial charge in [-0.2, -0.15) is 0 Å². The highest BCUT2D eigenvalue weighted by Gasteiger charge is 2.15. The molecule has 1 aromatic heterocycles. The summed E-state index contributed by atoms with van der Waals surface area (Å²) < 4.78 is 0. The molecule has 1 fully saturated rings. The summed E-state index contributed by atoms with van der Waals surface area (Å²) in [5, 5.41) is 4.75. The number of aromatic amines is 1. The molecule has 1 aliphatic rings. The van der Waals surface area contributed by atoms with Crippen molar-refractivity contribution < 1.29 is 0 Å². The first kappa shape index (κ1) is 9.73. The van der Waals surface area contributed by atoms with Gasteiger partial charge in [0, 0.05) is 43.1 Å². The lowest BCUT2D eigenvalue weighted by molar-refractivity contribution is 0.485. The standard InChI is InChI=1S/C13H17N3/c1-10-9-16(7-6-14-10)12-3-2-11-4-5-15-13(11)8-12/h2-5,8,10,14-15H,6-7,9H2,1H3/t10-/m1/s1. The molecular weight excluding hydrogens is 198 g/mol. The van der Waals surface area contributed by atoms with Gasteiger partial charge in [0.1, 0.15) is 0 Å². The molecule has 2 N–H and O–H groups in total. The highest BCUT2D eigenvalue weighted by Crippen LogP contribution is 2.21. The van der Waals surface area contributed by atoms with Crippen LogP contribution in [0.2, 0.25) is 0 Å². The molecule has 1 saturated heterocycles. The second-order valence-electron chi connectivity index (χ2n) is 4.55. The highest BCUT2D eigenvalue weighted by molar-refractivity contribution is 5.83. The number of fused-ring (bicyclic) bond motifs is 1. The monoisotopic (exact) mass is 215 g/mol. The van der Waals surface area contributed by atoms with Gasteiger partial charge in [-0.25, -0.2) is 0 Å². The molecule has 1 aliphatic heterocycles. The Labute approximate surface area is 95.5 Å². The van der Waals surface area contributed by atoms with Crippen molar-refractivity contribution in [1.82, 2.24) is 10.3 Å². The summed E-state index contributed by atoms with van der Waals surface area (Å²) in [6.07, 6.45) is 1.99. The molecule has 84 valence electrons. The van der Waals surface area contributed by atoms with E-state index in [0.29, 0.717) is 6.04 Å². The first-order valence-electron chi connectivity index (χ1n) is 5.88. The predicted octanol–water partition coefficient (Wildman–Crippen LogP) is 1.97. The molecule has 0 bridgehead atoms. The van der Waals surface area contributed by atoms with Crippen molar-refractivity contribution in [3.05, 3.63) is 30.5 Å². The lowest BCUT2D eigenvalue weighted by Gasteiger charge is -2.33. The number of hydrogen-bond donors (Lipinski definition) is 2. The van der Waals surface area contributed by atoms with E-state index >= 15 is 0 Å². The van der Waals surface area contributed by atoms with Crippen molar-refractivity contribution in [2.24, 2.45) is 0 Å². The molecule has 0 saturated carbocycles. The third-order valence-electron chi connectivity index (χ3n) is 3.27. The molecule has 2 aromatic rings. The summed E-state index contributed by atoms with van der Waals surface area (Å²) in [5.41, 5.74) is 2.55. The minimum atomic E-state index is 0.577. The Hall–Kier alpha value is -1.48. The smallest absolute Gasteiger partial charge is 0.0474 e. The zero-order valence-electron chi connectivity index (χ0n) is 9.53. The minimum absolute atomic E-state index is 0.577. The van der Waals surface area contributed by atoms with Gasteiger partial charge < -0.3 is 15.2 Å². The average Bonchev–Trinajstić information content (AvgIpc) is 2.75. The number of benzene rings is 1. The lowest BCUT2D eigenvalue weighted by atomic mass is 10.2. The van der Waals surface area contributed by atoms with Gasteiger partial charge in [-0.3, -0.25) is 0 Å². The zero-order chi connectivity index (χ0) is 11.0. The van der Waals surface area contributed by atoms with E-state index in [4.69, 9.17) is 0 Å². The Balaban J connectivity index is 1.92. The number of hydrogen-bond acceptors (Lipinski definition) is 2. The van der Waals surface area contributed by atoms with E-state index in [1.165, 1.54) is 16.6 Å². The van der Waals surface area contributed by atoms with Crippen molar-refractivity contribution in [3.63, 3.8) is 0 Å². The lowest BCUT2D eigenvalue weighted by Crippen LogP contribution is -2.49. The molecule has 0 radical (unpaired) electrons. The summed E-state index contributed by atoms with van der Waals surface area (Å²) in [6.45, 7) is 5.49. The molecule has 3 rings (SSSR count). The number of nitrogens with one attached hydrogen (secondary N) is 2. The van der Waals surface area contributed by atoms with Crippen LogP contribution in [0.15, 0.2) is 30.5 Å². The third kappa shape index (κ3) is 1.67. The van der Waals surface area contributed by atoms with Crippen LogP contribution in [-0.4, -0.2) is 30.7 Å². The van der Waals surface area contributed by atoms with Gasteiger partial charge in [0.25, 0.3) is 0 Å². The van der Waals surface area contributed by atoms with Gasteiger partial charge >= 0.3 is 0 Å². The Bertz CT molecular complexity index is 489. The molecule has 2 heterocycles. The van der Waals surface area contributed by atoms with Crippen molar-refractivity contribution >= 4 is 16.6 Å². The molecule has 0 amide bonds. The van der Waals surface area contributed by atoms with Crippen LogP contribution in [0.3, 0.4) is 0 Å². The number of anilines is 1. The molecule has 1 atom stereocenters. The van der Waals surface area contributed by atoms with Crippen LogP contribution in [0.4, 0.5) is 5.69 Å². The largest absolute Gasteiger partial charge is 0.369 e. The van der Waals surface area contributed by atoms with E-state index in [9.17, 15) is 0 Å². The van der Waals surface area contributed by atoms with Crippen molar-refractivity contribution in [1.29, 1.82) is 0 Å². The molecule has 0 spiro atoms. The van der Waals surface area contributed by atoms with Crippen LogP contribution in [0.1, 0.15) is 6.92 Å². The fraction of sp³-hybridized carbons (Fsp3) is 0.385. The van der Waals surface area contributed by atoms with E-state index in [1.807, 2.05) is 6.20 Å². The van der Waals surface area contributed by atoms with Crippen LogP contribution in [-0.2, 0) is 0 Å². The van der Waals surface area contributed by atoms with Crippen LogP contribution in [0.5, 0.6) is 0 Å². The van der Waals surface area contributed by atoms with E-state index in [1.54, 1.807) is 0 Å². The van der Waals surface area contributed by atoms with Crippen molar-refractivity contribution in [3.8, 4) is 0 Å². The number of aromatic nitrogens is 1. The predicted molar refractivity (Wildman–Crippen MR) is 68.0 cm³/mol. The number of nitrogens with zero attached hydrogens (tertiary/aromatic N) is 1. The Morgan fingerprint density at radius 1 is 1.31 bits per heavy atom. The van der Waals surface area contributed by atoms with Gasteiger partial charge in [-0.15, -0.1) is 0 Å². The number of piperazine rings is 1. The molecule has 1 aromatic carbocycles. The minimum Gasteiger partial charge on any atom is -0.369 e. The van der Waals surface area contributed by atoms with Crippen LogP contribution in [0.25, 0.3) is 10.9 Å². The molecule has 0 aliphatic carbocycles. The Morgan fingerprint density at radius 2 is 2.25 bits per heavy atom. The molecule has 16 heavy (non-hydrogen) atoms. The van der Waals surface area contributed by atoms with Gasteiger partial charge in [0.15, 0.2) is 0 Å². The summed E-state index contributed by atoms with van der Waals surface area (Å²) in [6, 6.07) is 9.34. The first-order valence-corrected chi connectivity index (χ1v) is 5.88. The highest BCUT2D eigenvalue weighted by atomic mass is 15.2. The normalized spacial score (nSPS) is 21.6. The summed E-state index contributed by atoms with van der Waals surface area (Å²) >= 11 is 0. The first-order chi connectivity index (χ1) is 7.83. The van der Waals surface area contributed by atoms with E-state index in [-0.39, 0.29) is 0 Å². The maximum atomic E-state index is 3.46. The fourth-order valence-electron chi connectivity index (χ4n) is 2.40. The summed E-state index contributed by atoms with van der Waals surface area (Å²) in [5.74, 6) is 0. The molecule has 3 heteroatoms. The van der Waals surface area contributed by atoms with Gasteiger partial charge in [-0.1, -0.05) is 6.07 Å². The maximum Gasteiger partial charge on any atom is 0.0474 e. The fourth-order valence-corrected chi connectivity index (χ4v) is 2.40. The molecule has 3 nitrogen and oxygen atoms in total. The number of rotatable bonds is 1. The third-order valence-corrected chi connectivity index (χ3v) is 3.27. The van der Waals surface area contributed by atoms with Gasteiger partial charge in [-0.05, 0) is 30.5 Å². The van der Waals surface area contributed by atoms with Crippen LogP contribution >= 0.6 is 0 Å². The molecule has 0 unspecified atom stereocenters. The van der Waals surface area contributed by atoms with E-state index in [0.717, 1.165) is 19.6 Å². The average molecular weight is 215 g/mol. The van der Waals surface area contributed by atoms with Gasteiger partial charge in [0.2, 0.25) is 0 Å². The zero-order valence-corrected chi connectivity index (χ0v) is 9.53. The summed E-state index contributed by atoms with van der Waals surface area (Å²) in [4.78, 5) is 5.71. The second-order valence-corrected chi connectivity index (χ2v) is 4.55. The topological polar surface area (TPSA) is 31.1 Å². The number of H-pyrrole nitrogens is 1. The van der Waals surface area contributed by atoms with Gasteiger partial charge in [0.05, 0.1) is 0 Å². The molecular formula is C13H17N3. The van der Waals surface area contributed by atoms with Crippen LogP contribution in [0, 0.1) is 0 Å².